The molecule has 3 heteroatoms. The lowest BCUT2D eigenvalue weighted by Crippen LogP contribution is -2.22. The number of esters is 1. The van der Waals surface area contributed by atoms with Gasteiger partial charge in [0.1, 0.15) is 11.7 Å². The van der Waals surface area contributed by atoms with E-state index in [2.05, 4.69) is 4.74 Å². The van der Waals surface area contributed by atoms with Crippen LogP contribution in [0.4, 0.5) is 0 Å². The van der Waals surface area contributed by atoms with E-state index in [1.54, 1.807) is 0 Å². The van der Waals surface area contributed by atoms with Crippen LogP contribution in [0.3, 0.4) is 0 Å². The van der Waals surface area contributed by atoms with Crippen LogP contribution < -0.4 is 0 Å². The smallest absolute Gasteiger partial charge is 0.316 e. The molecule has 12 heavy (non-hydrogen) atoms. The second-order valence-electron chi connectivity index (χ2n) is 3.16. The van der Waals surface area contributed by atoms with Crippen LogP contribution in [0.25, 0.3) is 0 Å². The fourth-order valence-electron chi connectivity index (χ4n) is 1.72. The van der Waals surface area contributed by atoms with Crippen molar-refractivity contribution < 1.29 is 14.3 Å². The van der Waals surface area contributed by atoms with Gasteiger partial charge in [0.05, 0.1) is 7.11 Å². The number of carbonyl (C=O) groups excluding carboxylic acids is 2. The molecule has 0 aromatic rings. The number of ether oxygens (including phenoxy) is 1. The molecule has 68 valence electrons. The van der Waals surface area contributed by atoms with Crippen molar-refractivity contribution in [1.29, 1.82) is 0 Å². The van der Waals surface area contributed by atoms with Gasteiger partial charge in [-0.2, -0.15) is 0 Å². The van der Waals surface area contributed by atoms with Gasteiger partial charge < -0.3 is 4.74 Å². The fraction of sp³-hybridized carbons (Fsp3) is 0.778. The molecule has 0 amide bonds. The number of Topliss-reactive ketones (excluding diaryl/α,β-unsaturated/α-hetero) is 1. The van der Waals surface area contributed by atoms with Gasteiger partial charge in [-0.1, -0.05) is 6.92 Å². The van der Waals surface area contributed by atoms with Gasteiger partial charge in [0, 0.05) is 5.92 Å². The van der Waals surface area contributed by atoms with Crippen molar-refractivity contribution in [3.8, 4) is 0 Å². The third-order valence-corrected chi connectivity index (χ3v) is 2.53. The van der Waals surface area contributed by atoms with Crippen LogP contribution in [0.15, 0.2) is 0 Å². The van der Waals surface area contributed by atoms with E-state index in [-0.39, 0.29) is 17.7 Å². The molecule has 0 spiro atoms. The van der Waals surface area contributed by atoms with Crippen LogP contribution in [-0.2, 0) is 14.3 Å². The standard InChI is InChI=1S/C9H14O3/c1-3-6-4-5-7(8(6)10)9(11)12-2/h6-7H,3-5H2,1-2H3. The molecule has 0 N–H and O–H groups in total. The Morgan fingerprint density at radius 1 is 1.58 bits per heavy atom. The average Bonchev–Trinajstić information content (AvgIpc) is 2.45. The molecule has 0 radical (unpaired) electrons. The lowest BCUT2D eigenvalue weighted by Gasteiger charge is -2.05. The molecule has 0 aromatic heterocycles. The highest BCUT2D eigenvalue weighted by molar-refractivity contribution is 6.01. The minimum atomic E-state index is -0.472. The van der Waals surface area contributed by atoms with Crippen molar-refractivity contribution in [3.63, 3.8) is 0 Å². The number of rotatable bonds is 2. The van der Waals surface area contributed by atoms with Crippen molar-refractivity contribution in [2.24, 2.45) is 11.8 Å². The van der Waals surface area contributed by atoms with Crippen molar-refractivity contribution in [2.45, 2.75) is 26.2 Å². The highest BCUT2D eigenvalue weighted by Crippen LogP contribution is 2.29. The lowest BCUT2D eigenvalue weighted by molar-refractivity contribution is -0.148. The lowest BCUT2D eigenvalue weighted by atomic mass is 10.0. The minimum Gasteiger partial charge on any atom is -0.468 e. The molecule has 2 atom stereocenters. The molecule has 0 bridgehead atoms. The Bertz CT molecular complexity index is 198. The summed E-state index contributed by atoms with van der Waals surface area (Å²) in [7, 11) is 1.33. The molecular weight excluding hydrogens is 156 g/mol. The Hall–Kier alpha value is -0.860. The molecule has 1 rings (SSSR count). The second-order valence-corrected chi connectivity index (χ2v) is 3.16. The Labute approximate surface area is 72.1 Å². The number of hydrogen-bond donors (Lipinski definition) is 0. The predicted molar refractivity (Wildman–Crippen MR) is 43.5 cm³/mol. The second kappa shape index (κ2) is 3.70. The largest absolute Gasteiger partial charge is 0.468 e. The summed E-state index contributed by atoms with van der Waals surface area (Å²) in [6, 6.07) is 0. The Balaban J connectivity index is 2.60. The first-order chi connectivity index (χ1) is 5.70. The van der Waals surface area contributed by atoms with Gasteiger partial charge in [-0.25, -0.2) is 0 Å². The molecule has 0 heterocycles. The van der Waals surface area contributed by atoms with Crippen molar-refractivity contribution in [1.82, 2.24) is 0 Å². The van der Waals surface area contributed by atoms with Crippen molar-refractivity contribution in [3.05, 3.63) is 0 Å². The molecule has 1 aliphatic rings. The first kappa shape index (κ1) is 9.23. The molecule has 3 nitrogen and oxygen atoms in total. The normalized spacial score (nSPS) is 29.0. The summed E-state index contributed by atoms with van der Waals surface area (Å²) in [5.41, 5.74) is 0. The maximum atomic E-state index is 11.4. The Morgan fingerprint density at radius 2 is 2.25 bits per heavy atom. The zero-order valence-corrected chi connectivity index (χ0v) is 7.50. The number of carbonyl (C=O) groups is 2. The highest BCUT2D eigenvalue weighted by Gasteiger charge is 2.38. The van der Waals surface area contributed by atoms with Gasteiger partial charge in [-0.3, -0.25) is 9.59 Å². The van der Waals surface area contributed by atoms with Gasteiger partial charge in [0.25, 0.3) is 0 Å². The number of methoxy groups -OCH3 is 1. The van der Waals surface area contributed by atoms with Crippen LogP contribution in [0.1, 0.15) is 26.2 Å². The zero-order chi connectivity index (χ0) is 9.14. The summed E-state index contributed by atoms with van der Waals surface area (Å²) in [5.74, 6) is -0.672. The summed E-state index contributed by atoms with van der Waals surface area (Å²) in [4.78, 5) is 22.5. The molecule has 0 aromatic carbocycles. The van der Waals surface area contributed by atoms with E-state index in [9.17, 15) is 9.59 Å². The van der Waals surface area contributed by atoms with Crippen LogP contribution in [0.2, 0.25) is 0 Å². The molecule has 1 saturated carbocycles. The molecule has 2 unspecified atom stereocenters. The SMILES string of the molecule is CCC1CCC(C(=O)OC)C1=O. The quantitative estimate of drug-likeness (QED) is 0.461. The topological polar surface area (TPSA) is 43.4 Å². The summed E-state index contributed by atoms with van der Waals surface area (Å²) in [5, 5.41) is 0. The Kier molecular flexibility index (Phi) is 2.84. The van der Waals surface area contributed by atoms with E-state index >= 15 is 0 Å². The Morgan fingerprint density at radius 3 is 2.67 bits per heavy atom. The molecular formula is C9H14O3. The van der Waals surface area contributed by atoms with E-state index in [0.29, 0.717) is 6.42 Å². The summed E-state index contributed by atoms with van der Waals surface area (Å²) in [6.07, 6.45) is 2.35. The predicted octanol–water partition coefficient (Wildman–Crippen LogP) is 1.16. The first-order valence-electron chi connectivity index (χ1n) is 4.32. The van der Waals surface area contributed by atoms with Crippen LogP contribution in [0.5, 0.6) is 0 Å². The number of ketones is 1. The minimum absolute atomic E-state index is 0.0735. The summed E-state index contributed by atoms with van der Waals surface area (Å²) < 4.78 is 4.54. The maximum absolute atomic E-state index is 11.4. The molecule has 1 fully saturated rings. The van der Waals surface area contributed by atoms with Crippen LogP contribution in [0, 0.1) is 11.8 Å². The first-order valence-corrected chi connectivity index (χ1v) is 4.32. The van der Waals surface area contributed by atoms with Gasteiger partial charge in [-0.05, 0) is 19.3 Å². The van der Waals surface area contributed by atoms with Gasteiger partial charge in [0.2, 0.25) is 0 Å². The van der Waals surface area contributed by atoms with Crippen LogP contribution in [-0.4, -0.2) is 18.9 Å². The van der Waals surface area contributed by atoms with Crippen molar-refractivity contribution in [2.75, 3.05) is 7.11 Å². The van der Waals surface area contributed by atoms with Crippen LogP contribution >= 0.6 is 0 Å². The van der Waals surface area contributed by atoms with Gasteiger partial charge in [-0.15, -0.1) is 0 Å². The van der Waals surface area contributed by atoms with Crippen molar-refractivity contribution >= 4 is 11.8 Å². The molecule has 1 aliphatic carbocycles. The van der Waals surface area contributed by atoms with E-state index in [1.807, 2.05) is 6.92 Å². The summed E-state index contributed by atoms with van der Waals surface area (Å²) in [6.45, 7) is 1.97. The highest BCUT2D eigenvalue weighted by atomic mass is 16.5. The van der Waals surface area contributed by atoms with Gasteiger partial charge >= 0.3 is 5.97 Å². The van der Waals surface area contributed by atoms with E-state index in [4.69, 9.17) is 0 Å². The van der Waals surface area contributed by atoms with E-state index in [0.717, 1.165) is 12.8 Å². The summed E-state index contributed by atoms with van der Waals surface area (Å²) >= 11 is 0. The van der Waals surface area contributed by atoms with Gasteiger partial charge in [0.15, 0.2) is 0 Å². The monoisotopic (exact) mass is 170 g/mol. The fourth-order valence-corrected chi connectivity index (χ4v) is 1.72. The third kappa shape index (κ3) is 1.49. The van der Waals surface area contributed by atoms with E-state index in [1.165, 1.54) is 7.11 Å². The molecule has 0 saturated heterocycles. The third-order valence-electron chi connectivity index (χ3n) is 2.53. The molecule has 0 aliphatic heterocycles. The average molecular weight is 170 g/mol. The number of hydrogen-bond acceptors (Lipinski definition) is 3. The zero-order valence-electron chi connectivity index (χ0n) is 7.50. The van der Waals surface area contributed by atoms with E-state index < -0.39 is 5.92 Å². The maximum Gasteiger partial charge on any atom is 0.316 e.